The molecule has 6 heteroatoms. The Morgan fingerprint density at radius 3 is 2.85 bits per heavy atom. The summed E-state index contributed by atoms with van der Waals surface area (Å²) < 4.78 is 15.6. The van der Waals surface area contributed by atoms with Crippen molar-refractivity contribution < 1.29 is 14.3 Å². The lowest BCUT2D eigenvalue weighted by molar-refractivity contribution is -0.0461. The fourth-order valence-corrected chi connectivity index (χ4v) is 5.70. The Labute approximate surface area is 199 Å². The minimum absolute atomic E-state index is 0.0737. The van der Waals surface area contributed by atoms with Crippen LogP contribution in [-0.4, -0.2) is 32.9 Å². The van der Waals surface area contributed by atoms with E-state index in [1.54, 1.807) is 10.7 Å². The van der Waals surface area contributed by atoms with Gasteiger partial charge in [0.15, 0.2) is 0 Å². The Balaban J connectivity index is 1.41. The number of carbonyl (C=O) groups excluding carboxylic acids is 1. The lowest BCUT2D eigenvalue weighted by atomic mass is 9.65. The zero-order valence-electron chi connectivity index (χ0n) is 19.6. The van der Waals surface area contributed by atoms with E-state index in [0.717, 1.165) is 23.2 Å². The first kappa shape index (κ1) is 22.5. The van der Waals surface area contributed by atoms with Gasteiger partial charge in [0.05, 0.1) is 23.2 Å². The molecule has 2 aliphatic rings. The van der Waals surface area contributed by atoms with Crippen molar-refractivity contribution in [2.45, 2.75) is 51.6 Å². The quantitative estimate of drug-likeness (QED) is 0.553. The molecule has 1 heterocycles. The molecule has 0 saturated heterocycles. The summed E-state index contributed by atoms with van der Waals surface area (Å²) in [5.74, 6) is -0.367. The van der Waals surface area contributed by atoms with Crippen LogP contribution in [0.15, 0.2) is 60.3 Å². The van der Waals surface area contributed by atoms with E-state index < -0.39 is 11.0 Å². The van der Waals surface area contributed by atoms with Crippen molar-refractivity contribution in [3.63, 3.8) is 0 Å². The van der Waals surface area contributed by atoms with Crippen LogP contribution >= 0.6 is 0 Å². The van der Waals surface area contributed by atoms with E-state index in [4.69, 9.17) is 0 Å². The number of nitrogens with zero attached hydrogens (tertiary/aromatic N) is 2. The summed E-state index contributed by atoms with van der Waals surface area (Å²) in [5, 5.41) is 19.3. The van der Waals surface area contributed by atoms with E-state index in [0.29, 0.717) is 43.5 Å². The molecule has 34 heavy (non-hydrogen) atoms. The highest BCUT2D eigenvalue weighted by molar-refractivity contribution is 5.95. The molecule has 2 atom stereocenters. The van der Waals surface area contributed by atoms with Crippen LogP contribution in [0.3, 0.4) is 0 Å². The highest BCUT2D eigenvalue weighted by Crippen LogP contribution is 2.56. The zero-order chi connectivity index (χ0) is 23.9. The number of halogens is 1. The van der Waals surface area contributed by atoms with Gasteiger partial charge in [-0.1, -0.05) is 36.8 Å². The van der Waals surface area contributed by atoms with E-state index in [9.17, 15) is 14.3 Å². The van der Waals surface area contributed by atoms with Crippen molar-refractivity contribution in [1.82, 2.24) is 15.1 Å². The van der Waals surface area contributed by atoms with Gasteiger partial charge in [-0.05, 0) is 80.5 Å². The van der Waals surface area contributed by atoms with Crippen LogP contribution in [0.2, 0.25) is 0 Å². The fraction of sp³-hybridized carbons (Fsp3) is 0.357. The van der Waals surface area contributed by atoms with Gasteiger partial charge in [0, 0.05) is 17.5 Å². The summed E-state index contributed by atoms with van der Waals surface area (Å²) in [7, 11) is 0. The summed E-state index contributed by atoms with van der Waals surface area (Å²) in [5.41, 5.74) is 4.26. The molecule has 0 aliphatic heterocycles. The van der Waals surface area contributed by atoms with E-state index >= 15 is 0 Å². The molecule has 3 aromatic rings. The highest BCUT2D eigenvalue weighted by atomic mass is 19.1. The summed E-state index contributed by atoms with van der Waals surface area (Å²) in [6, 6.07) is 14.1. The Morgan fingerprint density at radius 1 is 1.24 bits per heavy atom. The van der Waals surface area contributed by atoms with Crippen LogP contribution < -0.4 is 5.32 Å². The van der Waals surface area contributed by atoms with Gasteiger partial charge in [-0.15, -0.1) is 0 Å². The van der Waals surface area contributed by atoms with Crippen LogP contribution in [0.5, 0.6) is 0 Å². The Kier molecular flexibility index (Phi) is 5.64. The van der Waals surface area contributed by atoms with Gasteiger partial charge in [-0.2, -0.15) is 5.10 Å². The van der Waals surface area contributed by atoms with Crippen LogP contribution in [-0.2, 0) is 12.8 Å². The molecule has 1 fully saturated rings. The second-order valence-corrected chi connectivity index (χ2v) is 9.67. The minimum atomic E-state index is -0.883. The number of benzene rings is 2. The third kappa shape index (κ3) is 3.66. The largest absolute Gasteiger partial charge is 0.389 e. The van der Waals surface area contributed by atoms with Crippen LogP contribution in [0.1, 0.15) is 60.3 Å². The van der Waals surface area contributed by atoms with Gasteiger partial charge in [-0.25, -0.2) is 9.07 Å². The monoisotopic (exact) mass is 459 g/mol. The number of aromatic nitrogens is 2. The van der Waals surface area contributed by atoms with Crippen molar-refractivity contribution in [2.24, 2.45) is 5.41 Å². The number of aliphatic hydroxyl groups is 1. The maximum atomic E-state index is 13.8. The molecule has 176 valence electrons. The number of hydrogen-bond acceptors (Lipinski definition) is 3. The smallest absolute Gasteiger partial charge is 0.251 e. The lowest BCUT2D eigenvalue weighted by Gasteiger charge is -2.42. The molecule has 0 radical (unpaired) electrons. The summed E-state index contributed by atoms with van der Waals surface area (Å²) in [4.78, 5) is 12.5. The number of carbonyl (C=O) groups is 1. The van der Waals surface area contributed by atoms with Crippen LogP contribution in [0.25, 0.3) is 11.8 Å². The van der Waals surface area contributed by atoms with Gasteiger partial charge in [0.25, 0.3) is 5.91 Å². The third-order valence-corrected chi connectivity index (χ3v) is 7.74. The lowest BCUT2D eigenvalue weighted by Crippen LogP contribution is -2.45. The maximum absolute atomic E-state index is 13.8. The summed E-state index contributed by atoms with van der Waals surface area (Å²) >= 11 is 0. The van der Waals surface area contributed by atoms with Gasteiger partial charge >= 0.3 is 0 Å². The van der Waals surface area contributed by atoms with Crippen molar-refractivity contribution in [3.05, 3.63) is 88.5 Å². The molecule has 2 aliphatic carbocycles. The Hall–Kier alpha value is -3.25. The molecule has 1 aromatic heterocycles. The normalized spacial score (nSPS) is 23.2. The maximum Gasteiger partial charge on any atom is 0.251 e. The van der Waals surface area contributed by atoms with E-state index in [-0.39, 0.29) is 11.7 Å². The van der Waals surface area contributed by atoms with Gasteiger partial charge in [0.1, 0.15) is 5.82 Å². The molecule has 1 amide bonds. The minimum Gasteiger partial charge on any atom is -0.389 e. The molecule has 0 bridgehead atoms. The molecule has 2 N–H and O–H groups in total. The first-order valence-electron chi connectivity index (χ1n) is 12.0. The van der Waals surface area contributed by atoms with Gasteiger partial charge in [0.2, 0.25) is 0 Å². The number of nitrogens with one attached hydrogen (secondary N) is 1. The summed E-state index contributed by atoms with van der Waals surface area (Å²) in [6.45, 7) is 4.63. The Morgan fingerprint density at radius 2 is 2.06 bits per heavy atom. The Bertz CT molecular complexity index is 1280. The predicted octanol–water partition coefficient (Wildman–Crippen LogP) is 4.86. The topological polar surface area (TPSA) is 67.2 Å². The third-order valence-electron chi connectivity index (χ3n) is 7.74. The molecule has 2 aromatic carbocycles. The molecular formula is C28H30FN3O2. The number of amides is 1. The van der Waals surface area contributed by atoms with Crippen molar-refractivity contribution in [2.75, 3.05) is 6.54 Å². The molecule has 1 saturated carbocycles. The first-order valence-corrected chi connectivity index (χ1v) is 12.0. The molecule has 0 unspecified atom stereocenters. The van der Waals surface area contributed by atoms with Crippen molar-refractivity contribution in [1.29, 1.82) is 0 Å². The van der Waals surface area contributed by atoms with Crippen LogP contribution in [0, 0.1) is 11.2 Å². The molecular weight excluding hydrogens is 429 g/mol. The number of rotatable bonds is 6. The number of hydrogen-bond donors (Lipinski definition) is 2. The van der Waals surface area contributed by atoms with Crippen LogP contribution in [0.4, 0.5) is 4.39 Å². The second kappa shape index (κ2) is 8.51. The number of aryl methyl sites for hydroxylation is 1. The molecule has 5 nitrogen and oxygen atoms in total. The van der Waals surface area contributed by atoms with Crippen molar-refractivity contribution in [3.8, 4) is 5.69 Å². The van der Waals surface area contributed by atoms with Crippen molar-refractivity contribution >= 4 is 12.0 Å². The average Bonchev–Trinajstić information content (AvgIpc) is 3.34. The highest BCUT2D eigenvalue weighted by Gasteiger charge is 2.54. The van der Waals surface area contributed by atoms with E-state index in [2.05, 4.69) is 23.4 Å². The fourth-order valence-electron chi connectivity index (χ4n) is 5.70. The summed E-state index contributed by atoms with van der Waals surface area (Å²) in [6.07, 6.45) is 7.33. The van der Waals surface area contributed by atoms with Gasteiger partial charge < -0.3 is 10.4 Å². The molecule has 5 rings (SSSR count). The predicted molar refractivity (Wildman–Crippen MR) is 130 cm³/mol. The standard InChI is InChI=1S/C28H30FN3O2/c1-3-30-26(33)24-10-5-4-7-19(24)11-13-28(34)14-12-21-15-25-20(17-27(21,28)2)18-31-32(25)23-9-6-8-22(29)16-23/h4-10,15-16,18,34H,3,11-14,17H2,1-2H3,(H,30,33)/t27-,28-/m0/s1. The second-order valence-electron chi connectivity index (χ2n) is 9.67. The average molecular weight is 460 g/mol. The van der Waals surface area contributed by atoms with E-state index in [1.165, 1.54) is 17.7 Å². The number of fused-ring (bicyclic) bond motifs is 2. The first-order chi connectivity index (χ1) is 16.3. The SMILES string of the molecule is CCNC(=O)c1ccccc1CC[C@]1(O)CCC2=Cc3c(cnn3-c3cccc(F)c3)C[C@@]21C. The van der Waals surface area contributed by atoms with E-state index in [1.807, 2.05) is 43.5 Å². The zero-order valence-corrected chi connectivity index (χ0v) is 19.6. The molecule has 0 spiro atoms. The van der Waals surface area contributed by atoms with Gasteiger partial charge in [-0.3, -0.25) is 4.79 Å².